The van der Waals surface area contributed by atoms with Crippen LogP contribution in [0.4, 0.5) is 11.4 Å². The van der Waals surface area contributed by atoms with Crippen LogP contribution in [0.5, 0.6) is 5.88 Å². The second kappa shape index (κ2) is 8.84. The first-order valence-corrected chi connectivity index (χ1v) is 9.68. The maximum atomic E-state index is 12.6. The second-order valence-corrected chi connectivity index (χ2v) is 7.08. The molecule has 9 nitrogen and oxygen atoms in total. The van der Waals surface area contributed by atoms with E-state index in [0.29, 0.717) is 34.9 Å². The molecule has 1 amide bonds. The molecule has 0 aliphatic heterocycles. The van der Waals surface area contributed by atoms with Gasteiger partial charge < -0.3 is 14.6 Å². The summed E-state index contributed by atoms with van der Waals surface area (Å²) >= 11 is -2.62. The summed E-state index contributed by atoms with van der Waals surface area (Å²) in [5.41, 5.74) is 2.58. The van der Waals surface area contributed by atoms with Crippen LogP contribution in [0, 0.1) is 6.92 Å². The Hall–Kier alpha value is -3.24. The Morgan fingerprint density at radius 2 is 2.10 bits per heavy atom. The molecule has 1 atom stereocenters. The average Bonchev–Trinajstić information content (AvgIpc) is 3.13. The fourth-order valence-corrected chi connectivity index (χ4v) is 3.37. The Balaban J connectivity index is 1.87. The summed E-state index contributed by atoms with van der Waals surface area (Å²) in [5, 5.41) is 6.86. The van der Waals surface area contributed by atoms with Crippen molar-refractivity contribution in [3.05, 3.63) is 65.6 Å². The van der Waals surface area contributed by atoms with Crippen molar-refractivity contribution in [2.75, 3.05) is 11.4 Å². The van der Waals surface area contributed by atoms with E-state index in [1.54, 1.807) is 55.3 Å². The highest BCUT2D eigenvalue weighted by Crippen LogP contribution is 2.31. The molecule has 152 valence electrons. The zero-order chi connectivity index (χ0) is 21.0. The van der Waals surface area contributed by atoms with Crippen LogP contribution < -0.4 is 14.4 Å². The van der Waals surface area contributed by atoms with Crippen molar-refractivity contribution >= 4 is 28.5 Å². The normalized spacial score (nSPS) is 11.7. The van der Waals surface area contributed by atoms with Gasteiger partial charge in [0.05, 0.1) is 42.1 Å². The first-order chi connectivity index (χ1) is 13.9. The molecule has 3 rings (SSSR count). The lowest BCUT2D eigenvalue weighted by Crippen LogP contribution is -2.24. The number of carbonyl (C=O) groups excluding carboxylic acids is 1. The van der Waals surface area contributed by atoms with Gasteiger partial charge in [0.15, 0.2) is 0 Å². The third-order valence-electron chi connectivity index (χ3n) is 4.21. The first-order valence-electron chi connectivity index (χ1n) is 8.65. The lowest BCUT2D eigenvalue weighted by molar-refractivity contribution is 0.0951. The Morgan fingerprint density at radius 3 is 2.69 bits per heavy atom. The molecule has 2 heterocycles. The molecule has 2 aromatic heterocycles. The SMILES string of the molecule is COc1ccc(N(c2cc(C(=O)NCc3cnn(C)c3)ccc2C)S(=O)[O-])cn1. The van der Waals surface area contributed by atoms with Crippen molar-refractivity contribution in [2.24, 2.45) is 7.05 Å². The van der Waals surface area contributed by atoms with Gasteiger partial charge in [0, 0.05) is 37.0 Å². The number of aryl methyl sites for hydroxylation is 2. The van der Waals surface area contributed by atoms with Gasteiger partial charge in [-0.2, -0.15) is 5.10 Å². The fraction of sp³-hybridized carbons (Fsp3) is 0.211. The number of benzene rings is 1. The van der Waals surface area contributed by atoms with E-state index in [2.05, 4.69) is 15.4 Å². The standard InChI is InChI=1S/C19H21N5O4S/c1-13-4-5-15(19(25)21-9-14-10-22-23(2)12-14)8-17(13)24(29(26)27)16-6-7-18(28-3)20-11-16/h4-8,10-12H,9H2,1-3H3,(H,21,25)(H,26,27)/p-1. The molecule has 0 aliphatic carbocycles. The molecule has 1 N–H and O–H groups in total. The number of hydrogen-bond donors (Lipinski definition) is 1. The van der Waals surface area contributed by atoms with Crippen molar-refractivity contribution in [3.63, 3.8) is 0 Å². The summed E-state index contributed by atoms with van der Waals surface area (Å²) in [6.07, 6.45) is 4.86. The average molecular weight is 414 g/mol. The molecule has 10 heteroatoms. The van der Waals surface area contributed by atoms with E-state index in [9.17, 15) is 13.6 Å². The molecule has 0 saturated heterocycles. The molecular formula is C19H20N5O4S-. The van der Waals surface area contributed by atoms with Crippen LogP contribution in [-0.2, 0) is 24.9 Å². The van der Waals surface area contributed by atoms with Gasteiger partial charge in [-0.25, -0.2) is 4.98 Å². The minimum Gasteiger partial charge on any atom is -0.755 e. The zero-order valence-corrected chi connectivity index (χ0v) is 17.0. The van der Waals surface area contributed by atoms with Gasteiger partial charge in [-0.1, -0.05) is 6.07 Å². The van der Waals surface area contributed by atoms with Crippen molar-refractivity contribution < 1.29 is 18.3 Å². The van der Waals surface area contributed by atoms with Crippen LogP contribution in [0.1, 0.15) is 21.5 Å². The minimum absolute atomic E-state index is 0.315. The molecule has 0 aliphatic rings. The maximum absolute atomic E-state index is 12.6. The summed E-state index contributed by atoms with van der Waals surface area (Å²) in [4.78, 5) is 16.6. The monoisotopic (exact) mass is 414 g/mol. The summed E-state index contributed by atoms with van der Waals surface area (Å²) in [5.74, 6) is 0.0465. The summed E-state index contributed by atoms with van der Waals surface area (Å²) in [6, 6.07) is 8.03. The van der Waals surface area contributed by atoms with Crippen molar-refractivity contribution in [1.29, 1.82) is 0 Å². The van der Waals surface area contributed by atoms with Crippen LogP contribution in [0.2, 0.25) is 0 Å². The van der Waals surface area contributed by atoms with Crippen LogP contribution in [0.25, 0.3) is 0 Å². The molecule has 0 saturated carbocycles. The summed E-state index contributed by atoms with van der Waals surface area (Å²) < 4.78 is 31.7. The topological polar surface area (TPSA) is 112 Å². The van der Waals surface area contributed by atoms with Crippen molar-refractivity contribution in [3.8, 4) is 5.88 Å². The van der Waals surface area contributed by atoms with E-state index in [1.165, 1.54) is 19.4 Å². The highest BCUT2D eigenvalue weighted by Gasteiger charge is 2.16. The predicted molar refractivity (Wildman–Crippen MR) is 107 cm³/mol. The van der Waals surface area contributed by atoms with Gasteiger partial charge >= 0.3 is 0 Å². The van der Waals surface area contributed by atoms with E-state index in [0.717, 1.165) is 9.87 Å². The predicted octanol–water partition coefficient (Wildman–Crippen LogP) is 1.99. The highest BCUT2D eigenvalue weighted by atomic mass is 32.2. The third-order valence-corrected chi connectivity index (χ3v) is 4.92. The summed E-state index contributed by atoms with van der Waals surface area (Å²) in [6.45, 7) is 2.08. The third kappa shape index (κ3) is 4.79. The molecule has 0 radical (unpaired) electrons. The van der Waals surface area contributed by atoms with E-state index in [-0.39, 0.29) is 5.91 Å². The zero-order valence-electron chi connectivity index (χ0n) is 16.2. The quantitative estimate of drug-likeness (QED) is 0.592. The Kier molecular flexibility index (Phi) is 6.25. The number of amides is 1. The van der Waals surface area contributed by atoms with E-state index in [1.807, 2.05) is 0 Å². The Labute approximate surface area is 170 Å². The molecular weight excluding hydrogens is 394 g/mol. The number of nitrogens with zero attached hydrogens (tertiary/aromatic N) is 4. The number of carbonyl (C=O) groups is 1. The maximum Gasteiger partial charge on any atom is 0.251 e. The van der Waals surface area contributed by atoms with E-state index >= 15 is 0 Å². The number of hydrogen-bond acceptors (Lipinski definition) is 6. The first kappa shape index (κ1) is 20.5. The van der Waals surface area contributed by atoms with Gasteiger partial charge in [0.2, 0.25) is 5.88 Å². The lowest BCUT2D eigenvalue weighted by Gasteiger charge is -2.28. The summed E-state index contributed by atoms with van der Waals surface area (Å²) in [7, 11) is 3.27. The van der Waals surface area contributed by atoms with E-state index in [4.69, 9.17) is 4.74 Å². The largest absolute Gasteiger partial charge is 0.755 e. The highest BCUT2D eigenvalue weighted by molar-refractivity contribution is 7.81. The molecule has 0 fully saturated rings. The Morgan fingerprint density at radius 1 is 1.31 bits per heavy atom. The van der Waals surface area contributed by atoms with Gasteiger partial charge in [-0.05, 0) is 30.7 Å². The molecule has 1 unspecified atom stereocenters. The minimum atomic E-state index is -2.62. The number of ether oxygens (including phenoxy) is 1. The van der Waals surface area contributed by atoms with Crippen LogP contribution in [0.3, 0.4) is 0 Å². The Bertz CT molecular complexity index is 1040. The van der Waals surface area contributed by atoms with Gasteiger partial charge in [0.1, 0.15) is 0 Å². The van der Waals surface area contributed by atoms with Gasteiger partial charge in [-0.15, -0.1) is 0 Å². The van der Waals surface area contributed by atoms with Crippen LogP contribution in [0.15, 0.2) is 48.9 Å². The lowest BCUT2D eigenvalue weighted by atomic mass is 10.1. The second-order valence-electron chi connectivity index (χ2n) is 6.28. The number of rotatable bonds is 7. The number of anilines is 2. The van der Waals surface area contributed by atoms with Crippen LogP contribution >= 0.6 is 0 Å². The number of aromatic nitrogens is 3. The van der Waals surface area contributed by atoms with Gasteiger partial charge in [-0.3, -0.25) is 18.0 Å². The fourth-order valence-electron chi connectivity index (χ4n) is 2.74. The van der Waals surface area contributed by atoms with Crippen LogP contribution in [-0.4, -0.2) is 36.5 Å². The molecule has 3 aromatic rings. The van der Waals surface area contributed by atoms with Crippen molar-refractivity contribution in [1.82, 2.24) is 20.1 Å². The molecule has 0 bridgehead atoms. The number of nitrogens with one attached hydrogen (secondary N) is 1. The molecule has 1 aromatic carbocycles. The van der Waals surface area contributed by atoms with Gasteiger partial charge in [0.25, 0.3) is 5.91 Å². The molecule has 29 heavy (non-hydrogen) atoms. The van der Waals surface area contributed by atoms with E-state index < -0.39 is 11.3 Å². The number of methoxy groups -OCH3 is 1. The number of pyridine rings is 1. The molecule has 0 spiro atoms. The van der Waals surface area contributed by atoms with Crippen molar-refractivity contribution in [2.45, 2.75) is 13.5 Å². The smallest absolute Gasteiger partial charge is 0.251 e.